The average Bonchev–Trinajstić information content (AvgIpc) is 2.73. The van der Waals surface area contributed by atoms with Crippen LogP contribution in [0.1, 0.15) is 24.3 Å². The van der Waals surface area contributed by atoms with Crippen LogP contribution in [0.4, 0.5) is 13.2 Å². The molecule has 0 aromatic heterocycles. The van der Waals surface area contributed by atoms with Gasteiger partial charge >= 0.3 is 6.18 Å². The first-order valence-corrected chi connectivity index (χ1v) is 7.54. The number of carbonyl (C=O) groups is 1. The van der Waals surface area contributed by atoms with Crippen molar-refractivity contribution in [1.29, 1.82) is 0 Å². The molecule has 0 unspecified atom stereocenters. The standard InChI is InChI=1S/C16H19F3N2O/c17-16(18,19)11-21-9-13(12-5-2-1-3-6-12)15(14(21)22)7-4-8-20-10-15/h1-3,5-6,13,20H,4,7-11H2/t13-,15-/m0/s1. The fourth-order valence-corrected chi connectivity index (χ4v) is 3.81. The van der Waals surface area contributed by atoms with Crippen molar-refractivity contribution in [3.63, 3.8) is 0 Å². The van der Waals surface area contributed by atoms with Crippen LogP contribution in [0.25, 0.3) is 0 Å². The molecule has 0 bridgehead atoms. The normalized spacial score (nSPS) is 29.3. The monoisotopic (exact) mass is 312 g/mol. The summed E-state index contributed by atoms with van der Waals surface area (Å²) in [7, 11) is 0. The zero-order valence-electron chi connectivity index (χ0n) is 12.2. The fraction of sp³-hybridized carbons (Fsp3) is 0.562. The van der Waals surface area contributed by atoms with Crippen molar-refractivity contribution < 1.29 is 18.0 Å². The van der Waals surface area contributed by atoms with Crippen molar-refractivity contribution >= 4 is 5.91 Å². The molecule has 0 saturated carbocycles. The lowest BCUT2D eigenvalue weighted by Gasteiger charge is -2.37. The Bertz CT molecular complexity index is 538. The number of carbonyl (C=O) groups excluding carboxylic acids is 1. The second-order valence-electron chi connectivity index (χ2n) is 6.20. The minimum atomic E-state index is -4.36. The molecule has 120 valence electrons. The van der Waals surface area contributed by atoms with E-state index in [4.69, 9.17) is 0 Å². The van der Waals surface area contributed by atoms with E-state index in [-0.39, 0.29) is 18.4 Å². The molecule has 6 heteroatoms. The van der Waals surface area contributed by atoms with Gasteiger partial charge in [-0.1, -0.05) is 30.3 Å². The molecule has 2 saturated heterocycles. The van der Waals surface area contributed by atoms with Crippen molar-refractivity contribution in [2.75, 3.05) is 26.2 Å². The van der Waals surface area contributed by atoms with Crippen LogP contribution < -0.4 is 5.32 Å². The first kappa shape index (κ1) is 15.3. The fourth-order valence-electron chi connectivity index (χ4n) is 3.81. The molecule has 1 N–H and O–H groups in total. The quantitative estimate of drug-likeness (QED) is 0.910. The number of piperidine rings is 1. The molecule has 2 aliphatic heterocycles. The number of nitrogens with one attached hydrogen (secondary N) is 1. The van der Waals surface area contributed by atoms with Gasteiger partial charge in [0.1, 0.15) is 6.54 Å². The Morgan fingerprint density at radius 1 is 1.27 bits per heavy atom. The Kier molecular flexibility index (Phi) is 3.89. The smallest absolute Gasteiger partial charge is 0.332 e. The lowest BCUT2D eigenvalue weighted by atomic mass is 9.69. The van der Waals surface area contributed by atoms with E-state index in [1.54, 1.807) is 0 Å². The molecular weight excluding hydrogens is 293 g/mol. The molecule has 2 fully saturated rings. The van der Waals surface area contributed by atoms with E-state index in [9.17, 15) is 18.0 Å². The topological polar surface area (TPSA) is 32.3 Å². The second-order valence-corrected chi connectivity index (χ2v) is 6.20. The Morgan fingerprint density at radius 3 is 2.59 bits per heavy atom. The maximum absolute atomic E-state index is 12.8. The van der Waals surface area contributed by atoms with Gasteiger partial charge in [-0.05, 0) is 24.9 Å². The van der Waals surface area contributed by atoms with Gasteiger partial charge in [-0.25, -0.2) is 0 Å². The van der Waals surface area contributed by atoms with E-state index < -0.39 is 18.1 Å². The summed E-state index contributed by atoms with van der Waals surface area (Å²) < 4.78 is 38.3. The maximum atomic E-state index is 12.8. The van der Waals surface area contributed by atoms with Gasteiger partial charge in [0.25, 0.3) is 0 Å². The molecule has 22 heavy (non-hydrogen) atoms. The maximum Gasteiger partial charge on any atom is 0.406 e. The number of benzene rings is 1. The van der Waals surface area contributed by atoms with E-state index in [0.717, 1.165) is 23.4 Å². The highest BCUT2D eigenvalue weighted by Crippen LogP contribution is 2.48. The summed E-state index contributed by atoms with van der Waals surface area (Å²) in [5.74, 6) is -0.540. The zero-order valence-corrected chi connectivity index (χ0v) is 12.2. The molecule has 2 heterocycles. The van der Waals surface area contributed by atoms with Crippen LogP contribution in [0.2, 0.25) is 0 Å². The van der Waals surface area contributed by atoms with Gasteiger partial charge < -0.3 is 10.2 Å². The first-order valence-electron chi connectivity index (χ1n) is 7.54. The number of rotatable bonds is 2. The number of halogens is 3. The van der Waals surface area contributed by atoms with Crippen molar-refractivity contribution in [1.82, 2.24) is 10.2 Å². The van der Waals surface area contributed by atoms with Gasteiger partial charge in [0.05, 0.1) is 5.41 Å². The summed E-state index contributed by atoms with van der Waals surface area (Å²) in [6, 6.07) is 9.43. The number of likely N-dealkylation sites (tertiary alicyclic amines) is 1. The van der Waals surface area contributed by atoms with E-state index >= 15 is 0 Å². The van der Waals surface area contributed by atoms with E-state index in [0.29, 0.717) is 13.0 Å². The molecule has 2 aliphatic rings. The van der Waals surface area contributed by atoms with Crippen molar-refractivity contribution in [3.8, 4) is 0 Å². The van der Waals surface area contributed by atoms with Gasteiger partial charge in [-0.3, -0.25) is 4.79 Å². The van der Waals surface area contributed by atoms with Crippen molar-refractivity contribution in [2.24, 2.45) is 5.41 Å². The van der Waals surface area contributed by atoms with Crippen LogP contribution in [0, 0.1) is 5.41 Å². The molecule has 3 rings (SSSR count). The van der Waals surface area contributed by atoms with E-state index in [1.165, 1.54) is 0 Å². The lowest BCUT2D eigenvalue weighted by Crippen LogP contribution is -2.48. The summed E-state index contributed by atoms with van der Waals surface area (Å²) in [4.78, 5) is 13.7. The number of hydrogen-bond acceptors (Lipinski definition) is 2. The lowest BCUT2D eigenvalue weighted by molar-refractivity contribution is -0.161. The number of hydrogen-bond donors (Lipinski definition) is 1. The number of nitrogens with zero attached hydrogens (tertiary/aromatic N) is 1. The van der Waals surface area contributed by atoms with Gasteiger partial charge in [-0.2, -0.15) is 13.2 Å². The minimum absolute atomic E-state index is 0.143. The number of amides is 1. The number of alkyl halides is 3. The zero-order chi connectivity index (χ0) is 15.8. The van der Waals surface area contributed by atoms with Crippen molar-refractivity contribution in [2.45, 2.75) is 24.9 Å². The molecule has 1 spiro atoms. The predicted molar refractivity (Wildman–Crippen MR) is 76.4 cm³/mol. The molecule has 1 aromatic carbocycles. The van der Waals surface area contributed by atoms with Crippen LogP contribution in [0.3, 0.4) is 0 Å². The molecule has 2 atom stereocenters. The Balaban J connectivity index is 1.94. The summed E-state index contributed by atoms with van der Waals surface area (Å²) in [6.45, 7) is 0.260. The Morgan fingerprint density at radius 2 is 2.00 bits per heavy atom. The summed E-state index contributed by atoms with van der Waals surface area (Å²) in [5.41, 5.74) is 0.217. The van der Waals surface area contributed by atoms with Crippen LogP contribution >= 0.6 is 0 Å². The van der Waals surface area contributed by atoms with Gasteiger partial charge in [0.15, 0.2) is 0 Å². The highest BCUT2D eigenvalue weighted by Gasteiger charge is 2.56. The molecular formula is C16H19F3N2O. The largest absolute Gasteiger partial charge is 0.406 e. The summed E-state index contributed by atoms with van der Waals surface area (Å²) in [5, 5.41) is 3.20. The molecule has 3 nitrogen and oxygen atoms in total. The predicted octanol–water partition coefficient (Wildman–Crippen LogP) is 2.54. The summed E-state index contributed by atoms with van der Waals surface area (Å²) >= 11 is 0. The van der Waals surface area contributed by atoms with Crippen LogP contribution in [0.5, 0.6) is 0 Å². The van der Waals surface area contributed by atoms with Crippen LogP contribution in [0.15, 0.2) is 30.3 Å². The molecule has 0 radical (unpaired) electrons. The Labute approximate surface area is 127 Å². The third-order valence-corrected chi connectivity index (χ3v) is 4.77. The van der Waals surface area contributed by atoms with E-state index in [2.05, 4.69) is 5.32 Å². The van der Waals surface area contributed by atoms with Gasteiger partial charge in [-0.15, -0.1) is 0 Å². The highest BCUT2D eigenvalue weighted by atomic mass is 19.4. The third-order valence-electron chi connectivity index (χ3n) is 4.77. The minimum Gasteiger partial charge on any atom is -0.332 e. The van der Waals surface area contributed by atoms with Gasteiger partial charge in [0.2, 0.25) is 5.91 Å². The van der Waals surface area contributed by atoms with Crippen LogP contribution in [-0.2, 0) is 4.79 Å². The summed E-state index contributed by atoms with van der Waals surface area (Å²) in [6.07, 6.45) is -2.90. The average molecular weight is 312 g/mol. The molecule has 1 aromatic rings. The molecule has 0 aliphatic carbocycles. The van der Waals surface area contributed by atoms with Gasteiger partial charge in [0, 0.05) is 19.0 Å². The van der Waals surface area contributed by atoms with E-state index in [1.807, 2.05) is 30.3 Å². The molecule has 1 amide bonds. The van der Waals surface area contributed by atoms with Crippen molar-refractivity contribution in [3.05, 3.63) is 35.9 Å². The Hall–Kier alpha value is -1.56. The third kappa shape index (κ3) is 2.72. The second kappa shape index (κ2) is 5.57. The SMILES string of the molecule is O=C1N(CC(F)(F)F)C[C@@H](c2ccccc2)[C@@]12CCCNC2. The highest BCUT2D eigenvalue weighted by molar-refractivity contribution is 5.87. The van der Waals surface area contributed by atoms with Crippen LogP contribution in [-0.4, -0.2) is 43.2 Å². The first-order chi connectivity index (χ1) is 10.4.